The number of nitro benzene ring substituents is 1. The molecular weight excluding hydrogens is 472 g/mol. The van der Waals surface area contributed by atoms with E-state index in [4.69, 9.17) is 9.84 Å². The Morgan fingerprint density at radius 1 is 1.05 bits per heavy atom. The first-order chi connectivity index (χ1) is 17.9. The Hall–Kier alpha value is -4.99. The van der Waals surface area contributed by atoms with Crippen molar-refractivity contribution >= 4 is 23.2 Å². The fraction of sp³-hybridized carbons (Fsp3) is 0.148. The van der Waals surface area contributed by atoms with Gasteiger partial charge in [-0.2, -0.15) is 4.98 Å². The normalized spacial score (nSPS) is 14.5. The van der Waals surface area contributed by atoms with E-state index >= 15 is 0 Å². The third-order valence-corrected chi connectivity index (χ3v) is 6.27. The average Bonchev–Trinajstić information content (AvgIpc) is 3.31. The van der Waals surface area contributed by atoms with Gasteiger partial charge in [-0.15, -0.1) is 5.10 Å². The number of ether oxygens (including phenoxy) is 1. The zero-order valence-corrected chi connectivity index (χ0v) is 20.4. The van der Waals surface area contributed by atoms with Crippen molar-refractivity contribution in [2.45, 2.75) is 19.9 Å². The summed E-state index contributed by atoms with van der Waals surface area (Å²) in [6, 6.07) is 20.2. The molecule has 37 heavy (non-hydrogen) atoms. The molecule has 1 aliphatic rings. The molecule has 10 nitrogen and oxygen atoms in total. The van der Waals surface area contributed by atoms with Gasteiger partial charge in [0.05, 0.1) is 28.9 Å². The van der Waals surface area contributed by atoms with Crippen molar-refractivity contribution in [3.05, 3.63) is 105 Å². The highest BCUT2D eigenvalue weighted by Crippen LogP contribution is 2.40. The molecule has 0 saturated heterocycles. The topological polar surface area (TPSA) is 124 Å². The number of nitrogens with zero attached hydrogens (tertiary/aromatic N) is 4. The largest absolute Gasteiger partial charge is 0.495 e. The zero-order valence-electron chi connectivity index (χ0n) is 20.4. The summed E-state index contributed by atoms with van der Waals surface area (Å²) in [5.41, 5.74) is 3.25. The lowest BCUT2D eigenvalue weighted by molar-refractivity contribution is -0.385. The first kappa shape index (κ1) is 23.7. The lowest BCUT2D eigenvalue weighted by atomic mass is 9.93. The Balaban J connectivity index is 1.67. The number of anilines is 2. The van der Waals surface area contributed by atoms with E-state index in [0.29, 0.717) is 34.5 Å². The van der Waals surface area contributed by atoms with Gasteiger partial charge in [0.15, 0.2) is 5.82 Å². The fourth-order valence-corrected chi connectivity index (χ4v) is 4.49. The van der Waals surface area contributed by atoms with Gasteiger partial charge in [-0.25, -0.2) is 4.68 Å². The molecule has 0 radical (unpaired) electrons. The molecule has 10 heteroatoms. The highest BCUT2D eigenvalue weighted by atomic mass is 16.6. The molecule has 0 fully saturated rings. The maximum Gasteiger partial charge on any atom is 0.275 e. The molecule has 1 aliphatic heterocycles. The van der Waals surface area contributed by atoms with Crippen molar-refractivity contribution < 1.29 is 14.5 Å². The number of para-hydroxylation sites is 3. The van der Waals surface area contributed by atoms with E-state index in [9.17, 15) is 14.9 Å². The van der Waals surface area contributed by atoms with Crippen LogP contribution in [0, 0.1) is 17.0 Å². The summed E-state index contributed by atoms with van der Waals surface area (Å²) in [4.78, 5) is 30.0. The Labute approximate surface area is 212 Å². The second-order valence-corrected chi connectivity index (χ2v) is 8.56. The summed E-state index contributed by atoms with van der Waals surface area (Å²) in [7, 11) is 1.52. The molecule has 0 saturated carbocycles. The number of carbonyl (C=O) groups is 1. The molecule has 1 amide bonds. The lowest BCUT2D eigenvalue weighted by Gasteiger charge is -2.28. The molecule has 0 bridgehead atoms. The van der Waals surface area contributed by atoms with Crippen LogP contribution in [0.3, 0.4) is 0 Å². The predicted molar refractivity (Wildman–Crippen MR) is 139 cm³/mol. The van der Waals surface area contributed by atoms with Crippen molar-refractivity contribution in [1.29, 1.82) is 0 Å². The lowest BCUT2D eigenvalue weighted by Crippen LogP contribution is -2.32. The summed E-state index contributed by atoms with van der Waals surface area (Å²) in [5, 5.41) is 22.8. The number of carbonyl (C=O) groups excluding carboxylic acids is 1. The zero-order chi connectivity index (χ0) is 26.1. The van der Waals surface area contributed by atoms with Crippen molar-refractivity contribution in [2.24, 2.45) is 0 Å². The third kappa shape index (κ3) is 4.29. The van der Waals surface area contributed by atoms with E-state index in [2.05, 4.69) is 15.6 Å². The number of hydrogen-bond donors (Lipinski definition) is 2. The van der Waals surface area contributed by atoms with Gasteiger partial charge in [0.25, 0.3) is 11.6 Å². The predicted octanol–water partition coefficient (Wildman–Crippen LogP) is 5.10. The second-order valence-electron chi connectivity index (χ2n) is 8.56. The smallest absolute Gasteiger partial charge is 0.275 e. The molecule has 1 aromatic heterocycles. The Bertz CT molecular complexity index is 1560. The van der Waals surface area contributed by atoms with Crippen LogP contribution in [0.5, 0.6) is 5.75 Å². The average molecular weight is 497 g/mol. The van der Waals surface area contributed by atoms with Crippen LogP contribution in [0.2, 0.25) is 0 Å². The summed E-state index contributed by atoms with van der Waals surface area (Å²) < 4.78 is 6.91. The Morgan fingerprint density at radius 3 is 2.51 bits per heavy atom. The molecule has 5 rings (SSSR count). The number of hydrogen-bond acceptors (Lipinski definition) is 7. The number of fused-ring (bicyclic) bond motifs is 1. The molecular formula is C27H24N6O4. The summed E-state index contributed by atoms with van der Waals surface area (Å²) in [5.74, 6) is 0.871. The van der Waals surface area contributed by atoms with Crippen LogP contribution < -0.4 is 15.4 Å². The van der Waals surface area contributed by atoms with Crippen molar-refractivity contribution in [2.75, 3.05) is 17.7 Å². The SMILES string of the molecule is COc1ccccc1NC(=O)C1=C(C)Nc2nc(-c3ccccc3C)nn2C1c1ccccc1[N+](=O)[O-]. The number of allylic oxidation sites excluding steroid dienone is 1. The number of rotatable bonds is 6. The van der Waals surface area contributed by atoms with E-state index in [1.54, 1.807) is 49.4 Å². The van der Waals surface area contributed by atoms with Gasteiger partial charge >= 0.3 is 0 Å². The summed E-state index contributed by atoms with van der Waals surface area (Å²) >= 11 is 0. The number of benzene rings is 3. The molecule has 4 aromatic rings. The molecule has 0 aliphatic carbocycles. The highest BCUT2D eigenvalue weighted by Gasteiger charge is 2.38. The van der Waals surface area contributed by atoms with Gasteiger partial charge in [0.2, 0.25) is 5.95 Å². The number of aromatic nitrogens is 3. The van der Waals surface area contributed by atoms with Crippen LogP contribution in [-0.2, 0) is 4.79 Å². The number of amides is 1. The van der Waals surface area contributed by atoms with Gasteiger partial charge in [-0.1, -0.05) is 48.5 Å². The van der Waals surface area contributed by atoms with E-state index in [1.807, 2.05) is 31.2 Å². The van der Waals surface area contributed by atoms with Crippen LogP contribution in [0.15, 0.2) is 84.1 Å². The molecule has 1 atom stereocenters. The minimum Gasteiger partial charge on any atom is -0.495 e. The minimum absolute atomic E-state index is 0.122. The van der Waals surface area contributed by atoms with E-state index in [1.165, 1.54) is 17.9 Å². The molecule has 1 unspecified atom stereocenters. The van der Waals surface area contributed by atoms with Crippen LogP contribution in [-0.4, -0.2) is 32.7 Å². The molecule has 2 N–H and O–H groups in total. The van der Waals surface area contributed by atoms with E-state index in [0.717, 1.165) is 11.1 Å². The maximum atomic E-state index is 13.8. The van der Waals surface area contributed by atoms with E-state index < -0.39 is 16.9 Å². The number of nitro groups is 1. The summed E-state index contributed by atoms with van der Waals surface area (Å²) in [6.45, 7) is 3.70. The van der Waals surface area contributed by atoms with Crippen LogP contribution in [0.1, 0.15) is 24.1 Å². The van der Waals surface area contributed by atoms with Gasteiger partial charge < -0.3 is 15.4 Å². The van der Waals surface area contributed by atoms with Crippen LogP contribution in [0.4, 0.5) is 17.3 Å². The Morgan fingerprint density at radius 2 is 1.76 bits per heavy atom. The van der Waals surface area contributed by atoms with Crippen LogP contribution in [0.25, 0.3) is 11.4 Å². The highest BCUT2D eigenvalue weighted by molar-refractivity contribution is 6.06. The molecule has 3 aromatic carbocycles. The quantitative estimate of drug-likeness (QED) is 0.281. The summed E-state index contributed by atoms with van der Waals surface area (Å²) in [6.07, 6.45) is 0. The number of methoxy groups -OCH3 is 1. The van der Waals surface area contributed by atoms with Crippen molar-refractivity contribution in [1.82, 2.24) is 14.8 Å². The minimum atomic E-state index is -0.905. The van der Waals surface area contributed by atoms with Crippen molar-refractivity contribution in [3.63, 3.8) is 0 Å². The third-order valence-electron chi connectivity index (χ3n) is 6.27. The standard InChI is InChI=1S/C27H24N6O4/c1-16-10-4-5-11-18(16)25-30-27-28-17(2)23(26(34)29-20-13-7-9-15-22(20)37-3)24(32(27)31-25)19-12-6-8-14-21(19)33(35)36/h4-15,24H,1-3H3,(H,29,34)(H,28,30,31). The Kier molecular flexibility index (Phi) is 6.14. The van der Waals surface area contributed by atoms with Gasteiger partial charge in [-0.05, 0) is 37.6 Å². The number of aryl methyl sites for hydroxylation is 1. The first-order valence-corrected chi connectivity index (χ1v) is 11.6. The number of nitrogens with one attached hydrogen (secondary N) is 2. The molecule has 186 valence electrons. The molecule has 0 spiro atoms. The maximum absolute atomic E-state index is 13.8. The fourth-order valence-electron chi connectivity index (χ4n) is 4.49. The van der Waals surface area contributed by atoms with Gasteiger partial charge in [0, 0.05) is 17.3 Å². The van der Waals surface area contributed by atoms with Crippen LogP contribution >= 0.6 is 0 Å². The van der Waals surface area contributed by atoms with Crippen molar-refractivity contribution in [3.8, 4) is 17.1 Å². The molecule has 2 heterocycles. The van der Waals surface area contributed by atoms with E-state index in [-0.39, 0.29) is 11.3 Å². The monoisotopic (exact) mass is 496 g/mol. The van der Waals surface area contributed by atoms with Gasteiger partial charge in [-0.3, -0.25) is 14.9 Å². The second kappa shape index (κ2) is 9.57. The first-order valence-electron chi connectivity index (χ1n) is 11.6. The van der Waals surface area contributed by atoms with Gasteiger partial charge in [0.1, 0.15) is 11.8 Å².